The van der Waals surface area contributed by atoms with Crippen LogP contribution in [0.15, 0.2) is 102 Å². The molecule has 0 amide bonds. The van der Waals surface area contributed by atoms with Gasteiger partial charge in [0.2, 0.25) is 12.3 Å². The summed E-state index contributed by atoms with van der Waals surface area (Å²) < 4.78 is 5.12. The highest BCUT2D eigenvalue weighted by Gasteiger charge is 2.37. The molecule has 0 aliphatic rings. The van der Waals surface area contributed by atoms with E-state index >= 15 is 0 Å². The van der Waals surface area contributed by atoms with E-state index in [1.807, 2.05) is 60.7 Å². The molecule has 180 valence electrons. The van der Waals surface area contributed by atoms with E-state index in [0.29, 0.717) is 10.8 Å². The minimum absolute atomic E-state index is 0.0962. The minimum atomic E-state index is -0.766. The lowest BCUT2D eigenvalue weighted by molar-refractivity contribution is -0.135. The summed E-state index contributed by atoms with van der Waals surface area (Å²) in [4.78, 5) is 22.1. The number of hydrogen-bond acceptors (Lipinski definition) is 8. The first-order valence-electron chi connectivity index (χ1n) is 11.3. The maximum atomic E-state index is 12.5. The molecule has 0 fully saturated rings. The molecule has 0 unspecified atom stereocenters. The summed E-state index contributed by atoms with van der Waals surface area (Å²) in [5.74, 6) is -0.673. The van der Waals surface area contributed by atoms with Gasteiger partial charge in [0.05, 0.1) is 6.61 Å². The van der Waals surface area contributed by atoms with E-state index in [1.54, 1.807) is 12.3 Å². The molecule has 8 heteroatoms. The highest BCUT2D eigenvalue weighted by molar-refractivity contribution is 7.14. The Morgan fingerprint density at radius 1 is 0.972 bits per heavy atom. The number of rotatable bonds is 10. The molecule has 1 N–H and O–H groups in total. The molecule has 4 rings (SSSR count). The SMILES string of the molecule is CCOC(=O)/C(=N/OCC#N)c1csc(NC(c2ccccc2)(c2ccccc2)c2ccccc2)n1. The largest absolute Gasteiger partial charge is 0.461 e. The van der Waals surface area contributed by atoms with E-state index < -0.39 is 11.5 Å². The average molecular weight is 497 g/mol. The Morgan fingerprint density at radius 2 is 1.50 bits per heavy atom. The molecular weight excluding hydrogens is 472 g/mol. The number of ether oxygens (including phenoxy) is 1. The first-order valence-corrected chi connectivity index (χ1v) is 12.2. The second-order valence-corrected chi connectivity index (χ2v) is 8.46. The van der Waals surface area contributed by atoms with Gasteiger partial charge in [0.25, 0.3) is 0 Å². The molecule has 7 nitrogen and oxygen atoms in total. The van der Waals surface area contributed by atoms with Crippen molar-refractivity contribution in [3.63, 3.8) is 0 Å². The van der Waals surface area contributed by atoms with Crippen molar-refractivity contribution >= 4 is 28.1 Å². The zero-order chi connectivity index (χ0) is 25.2. The molecule has 3 aromatic carbocycles. The van der Waals surface area contributed by atoms with Crippen LogP contribution >= 0.6 is 11.3 Å². The molecule has 36 heavy (non-hydrogen) atoms. The lowest BCUT2D eigenvalue weighted by Gasteiger charge is -2.36. The van der Waals surface area contributed by atoms with Crippen molar-refractivity contribution in [2.45, 2.75) is 12.5 Å². The number of carbonyl (C=O) groups is 1. The van der Waals surface area contributed by atoms with Crippen LogP contribution in [0.4, 0.5) is 5.13 Å². The van der Waals surface area contributed by atoms with Crippen molar-refractivity contribution in [1.29, 1.82) is 5.26 Å². The standard InChI is InChI=1S/C28H24N4O3S/c1-2-34-26(33)25(32-35-19-18-29)24-20-36-27(30-24)31-28(21-12-6-3-7-13-21,22-14-8-4-9-15-22)23-16-10-5-11-17-23/h3-17,20H,2,19H2,1H3,(H,30,31)/b32-25+. The Balaban J connectivity index is 1.83. The van der Waals surface area contributed by atoms with Crippen LogP contribution in [0.2, 0.25) is 0 Å². The Morgan fingerprint density at radius 3 is 1.97 bits per heavy atom. The van der Waals surface area contributed by atoms with Gasteiger partial charge in [-0.3, -0.25) is 0 Å². The summed E-state index contributed by atoms with van der Waals surface area (Å²) in [6.45, 7) is 1.58. The normalized spacial score (nSPS) is 11.4. The van der Waals surface area contributed by atoms with Gasteiger partial charge in [-0.05, 0) is 23.6 Å². The van der Waals surface area contributed by atoms with Crippen LogP contribution in [0.5, 0.6) is 0 Å². The van der Waals surface area contributed by atoms with Gasteiger partial charge in [-0.25, -0.2) is 9.78 Å². The minimum Gasteiger partial charge on any atom is -0.461 e. The Kier molecular flexibility index (Phi) is 8.06. The fourth-order valence-electron chi connectivity index (χ4n) is 3.90. The van der Waals surface area contributed by atoms with Crippen LogP contribution < -0.4 is 5.32 Å². The summed E-state index contributed by atoms with van der Waals surface area (Å²) in [6.07, 6.45) is 0. The smallest absolute Gasteiger partial charge is 0.362 e. The van der Waals surface area contributed by atoms with Crippen LogP contribution in [0.3, 0.4) is 0 Å². The number of nitriles is 1. The number of thiazole rings is 1. The van der Waals surface area contributed by atoms with E-state index in [9.17, 15) is 4.79 Å². The van der Waals surface area contributed by atoms with Gasteiger partial charge < -0.3 is 14.9 Å². The van der Waals surface area contributed by atoms with Gasteiger partial charge in [-0.2, -0.15) is 5.26 Å². The molecular formula is C28H24N4O3S. The number of oxime groups is 1. The zero-order valence-electron chi connectivity index (χ0n) is 19.6. The molecule has 0 radical (unpaired) electrons. The third-order valence-electron chi connectivity index (χ3n) is 5.42. The summed E-state index contributed by atoms with van der Waals surface area (Å²) in [5, 5.41) is 18.5. The molecule has 0 saturated carbocycles. The zero-order valence-corrected chi connectivity index (χ0v) is 20.4. The fraction of sp³-hybridized carbons (Fsp3) is 0.143. The predicted molar refractivity (Wildman–Crippen MR) is 140 cm³/mol. The highest BCUT2D eigenvalue weighted by atomic mass is 32.1. The fourth-order valence-corrected chi connectivity index (χ4v) is 4.65. The van der Waals surface area contributed by atoms with E-state index in [-0.39, 0.29) is 18.9 Å². The van der Waals surface area contributed by atoms with Crippen molar-refractivity contribution in [3.05, 3.63) is 119 Å². The number of anilines is 1. The molecule has 0 atom stereocenters. The molecule has 1 aromatic heterocycles. The maximum Gasteiger partial charge on any atom is 0.362 e. The van der Waals surface area contributed by atoms with E-state index in [0.717, 1.165) is 16.7 Å². The average Bonchev–Trinajstić information content (AvgIpc) is 3.39. The van der Waals surface area contributed by atoms with Crippen molar-refractivity contribution < 1.29 is 14.4 Å². The van der Waals surface area contributed by atoms with Gasteiger partial charge in [-0.1, -0.05) is 96.2 Å². The molecule has 0 aliphatic heterocycles. The monoisotopic (exact) mass is 496 g/mol. The van der Waals surface area contributed by atoms with Crippen molar-refractivity contribution in [2.24, 2.45) is 5.16 Å². The van der Waals surface area contributed by atoms with Crippen LogP contribution in [0.1, 0.15) is 29.3 Å². The Hall–Kier alpha value is -4.48. The lowest BCUT2D eigenvalue weighted by Crippen LogP contribution is -2.38. The first kappa shape index (κ1) is 24.6. The van der Waals surface area contributed by atoms with Gasteiger partial charge in [0.1, 0.15) is 17.3 Å². The Bertz CT molecular complexity index is 1250. The van der Waals surface area contributed by atoms with Gasteiger partial charge in [-0.15, -0.1) is 11.3 Å². The second-order valence-electron chi connectivity index (χ2n) is 7.60. The second kappa shape index (κ2) is 11.8. The van der Waals surface area contributed by atoms with Crippen LogP contribution in [0.25, 0.3) is 0 Å². The van der Waals surface area contributed by atoms with Crippen LogP contribution in [-0.4, -0.2) is 29.9 Å². The Labute approximate surface area is 213 Å². The van der Waals surface area contributed by atoms with E-state index in [1.165, 1.54) is 11.3 Å². The van der Waals surface area contributed by atoms with E-state index in [2.05, 4.69) is 51.9 Å². The number of nitrogens with zero attached hydrogens (tertiary/aromatic N) is 3. The van der Waals surface area contributed by atoms with Crippen molar-refractivity contribution in [3.8, 4) is 6.07 Å². The number of hydrogen-bond donors (Lipinski definition) is 1. The topological polar surface area (TPSA) is 96.6 Å². The lowest BCUT2D eigenvalue weighted by atomic mass is 9.77. The summed E-state index contributed by atoms with van der Waals surface area (Å²) in [6, 6.07) is 32.2. The van der Waals surface area contributed by atoms with Crippen LogP contribution in [0, 0.1) is 11.3 Å². The van der Waals surface area contributed by atoms with Gasteiger partial charge >= 0.3 is 5.97 Å². The van der Waals surface area contributed by atoms with Gasteiger partial charge in [0, 0.05) is 5.38 Å². The number of nitrogens with one attached hydrogen (secondary N) is 1. The molecule has 4 aromatic rings. The number of carbonyl (C=O) groups excluding carboxylic acids is 1. The first-order chi connectivity index (χ1) is 17.7. The number of aromatic nitrogens is 1. The highest BCUT2D eigenvalue weighted by Crippen LogP contribution is 2.40. The van der Waals surface area contributed by atoms with Crippen molar-refractivity contribution in [2.75, 3.05) is 18.5 Å². The third kappa shape index (κ3) is 5.27. The van der Waals surface area contributed by atoms with Gasteiger partial charge in [0.15, 0.2) is 5.13 Å². The predicted octanol–water partition coefficient (Wildman–Crippen LogP) is 5.35. The number of benzene rings is 3. The van der Waals surface area contributed by atoms with Crippen LogP contribution in [-0.2, 0) is 19.9 Å². The maximum absolute atomic E-state index is 12.5. The molecule has 1 heterocycles. The van der Waals surface area contributed by atoms with E-state index in [4.69, 9.17) is 14.8 Å². The summed E-state index contributed by atoms with van der Waals surface area (Å²) in [5.41, 5.74) is 2.50. The number of esters is 1. The summed E-state index contributed by atoms with van der Waals surface area (Å²) in [7, 11) is 0. The molecule has 0 saturated heterocycles. The van der Waals surface area contributed by atoms with Crippen molar-refractivity contribution in [1.82, 2.24) is 4.98 Å². The third-order valence-corrected chi connectivity index (χ3v) is 6.17. The molecule has 0 bridgehead atoms. The summed E-state index contributed by atoms with van der Waals surface area (Å²) >= 11 is 1.33. The molecule has 0 aliphatic carbocycles. The molecule has 0 spiro atoms. The quantitative estimate of drug-likeness (QED) is 0.104.